The van der Waals surface area contributed by atoms with Gasteiger partial charge in [-0.15, -0.1) is 0 Å². The van der Waals surface area contributed by atoms with E-state index in [9.17, 15) is 4.79 Å². The third-order valence-electron chi connectivity index (χ3n) is 3.17. The summed E-state index contributed by atoms with van der Waals surface area (Å²) in [6, 6.07) is 3.63. The molecular weight excluding hydrogens is 242 g/mol. The van der Waals surface area contributed by atoms with Crippen molar-refractivity contribution in [3.05, 3.63) is 35.3 Å². The summed E-state index contributed by atoms with van der Waals surface area (Å²) in [5.41, 5.74) is 3.59. The minimum Gasteiger partial charge on any atom is -0.396 e. The number of aromatic nitrogens is 2. The van der Waals surface area contributed by atoms with E-state index in [-0.39, 0.29) is 12.5 Å². The maximum Gasteiger partial charge on any atom is 0.252 e. The number of hydrogen-bond donors (Lipinski definition) is 2. The highest BCUT2D eigenvalue weighted by atomic mass is 16.3. The molecule has 2 heterocycles. The molecule has 0 unspecified atom stereocenters. The monoisotopic (exact) mass is 261 g/mol. The Hall–Kier alpha value is -1.88. The number of aliphatic hydroxyl groups excluding tert-OH is 1. The van der Waals surface area contributed by atoms with Gasteiger partial charge in [-0.2, -0.15) is 0 Å². The molecule has 0 atom stereocenters. The first kappa shape index (κ1) is 13.5. The van der Waals surface area contributed by atoms with Crippen molar-refractivity contribution in [2.45, 2.75) is 26.7 Å². The molecule has 102 valence electrons. The summed E-state index contributed by atoms with van der Waals surface area (Å²) in [6.45, 7) is 4.64. The maximum atomic E-state index is 11.9. The van der Waals surface area contributed by atoms with E-state index in [0.29, 0.717) is 18.5 Å². The lowest BCUT2D eigenvalue weighted by atomic mass is 10.2. The summed E-state index contributed by atoms with van der Waals surface area (Å²) in [5.74, 6) is -0.124. The van der Waals surface area contributed by atoms with Crippen LogP contribution in [0.4, 0.5) is 0 Å². The Morgan fingerprint density at radius 2 is 2.26 bits per heavy atom. The van der Waals surface area contributed by atoms with Crippen molar-refractivity contribution in [2.24, 2.45) is 0 Å². The molecule has 0 aliphatic carbocycles. The first-order chi connectivity index (χ1) is 9.17. The molecule has 2 aromatic heterocycles. The van der Waals surface area contributed by atoms with E-state index < -0.39 is 0 Å². The van der Waals surface area contributed by atoms with Crippen LogP contribution in [0.3, 0.4) is 0 Å². The Kier molecular flexibility index (Phi) is 4.16. The molecule has 2 rings (SSSR count). The largest absolute Gasteiger partial charge is 0.396 e. The zero-order valence-corrected chi connectivity index (χ0v) is 11.3. The highest BCUT2D eigenvalue weighted by Gasteiger charge is 2.10. The molecule has 2 aromatic rings. The summed E-state index contributed by atoms with van der Waals surface area (Å²) in [6.07, 6.45) is 3.26. The number of hydrogen-bond acceptors (Lipinski definition) is 3. The second-order valence-electron chi connectivity index (χ2n) is 4.48. The van der Waals surface area contributed by atoms with E-state index in [4.69, 9.17) is 5.11 Å². The van der Waals surface area contributed by atoms with Crippen LogP contribution in [0.25, 0.3) is 5.65 Å². The number of rotatable bonds is 5. The second kappa shape index (κ2) is 5.84. The summed E-state index contributed by atoms with van der Waals surface area (Å²) in [5, 5.41) is 11.5. The first-order valence-electron chi connectivity index (χ1n) is 6.54. The van der Waals surface area contributed by atoms with Crippen LogP contribution in [-0.4, -0.2) is 33.6 Å². The van der Waals surface area contributed by atoms with Gasteiger partial charge in [-0.05, 0) is 31.9 Å². The number of amides is 1. The molecule has 19 heavy (non-hydrogen) atoms. The molecule has 5 nitrogen and oxygen atoms in total. The van der Waals surface area contributed by atoms with Crippen LogP contribution in [-0.2, 0) is 6.42 Å². The fourth-order valence-electron chi connectivity index (χ4n) is 2.06. The number of fused-ring (bicyclic) bond motifs is 1. The van der Waals surface area contributed by atoms with Crippen molar-refractivity contribution >= 4 is 11.6 Å². The van der Waals surface area contributed by atoms with Crippen molar-refractivity contribution in [1.82, 2.24) is 14.7 Å². The predicted molar refractivity (Wildman–Crippen MR) is 73.3 cm³/mol. The van der Waals surface area contributed by atoms with Gasteiger partial charge in [0.05, 0.1) is 11.3 Å². The molecule has 0 saturated heterocycles. The predicted octanol–water partition coefficient (Wildman–Crippen LogP) is 1.32. The van der Waals surface area contributed by atoms with Crippen molar-refractivity contribution in [3.8, 4) is 0 Å². The molecule has 0 radical (unpaired) electrons. The van der Waals surface area contributed by atoms with Crippen molar-refractivity contribution in [2.75, 3.05) is 13.2 Å². The highest BCUT2D eigenvalue weighted by molar-refractivity contribution is 5.94. The van der Waals surface area contributed by atoms with Crippen LogP contribution in [0.15, 0.2) is 18.3 Å². The summed E-state index contributed by atoms with van der Waals surface area (Å²) in [4.78, 5) is 16.4. The molecule has 0 fully saturated rings. The number of nitrogens with one attached hydrogen (secondary N) is 1. The number of aliphatic hydroxyl groups is 1. The topological polar surface area (TPSA) is 66.6 Å². The van der Waals surface area contributed by atoms with E-state index >= 15 is 0 Å². The molecule has 5 heteroatoms. The lowest BCUT2D eigenvalue weighted by Gasteiger charge is -2.05. The minimum absolute atomic E-state index is 0.0831. The van der Waals surface area contributed by atoms with E-state index in [1.54, 1.807) is 6.07 Å². The molecule has 0 spiro atoms. The number of pyridine rings is 1. The van der Waals surface area contributed by atoms with Gasteiger partial charge in [-0.25, -0.2) is 4.98 Å². The Morgan fingerprint density at radius 3 is 2.95 bits per heavy atom. The fraction of sp³-hybridized carbons (Fsp3) is 0.429. The average molecular weight is 261 g/mol. The molecule has 0 aliphatic heterocycles. The normalized spacial score (nSPS) is 10.9. The maximum absolute atomic E-state index is 11.9. The lowest BCUT2D eigenvalue weighted by Crippen LogP contribution is -2.25. The van der Waals surface area contributed by atoms with Gasteiger partial charge in [-0.3, -0.25) is 4.79 Å². The third-order valence-corrected chi connectivity index (χ3v) is 3.17. The molecule has 0 bridgehead atoms. The van der Waals surface area contributed by atoms with Gasteiger partial charge >= 0.3 is 0 Å². The van der Waals surface area contributed by atoms with Crippen molar-refractivity contribution < 1.29 is 9.90 Å². The van der Waals surface area contributed by atoms with Gasteiger partial charge in [0, 0.05) is 25.0 Å². The Bertz CT molecular complexity index is 590. The van der Waals surface area contributed by atoms with Crippen LogP contribution < -0.4 is 5.32 Å². The van der Waals surface area contributed by atoms with Crippen molar-refractivity contribution in [1.29, 1.82) is 0 Å². The number of imidazole rings is 1. The summed E-state index contributed by atoms with van der Waals surface area (Å²) < 4.78 is 1.94. The molecule has 1 amide bonds. The average Bonchev–Trinajstić information content (AvgIpc) is 2.75. The van der Waals surface area contributed by atoms with Crippen LogP contribution in [0, 0.1) is 6.92 Å². The smallest absolute Gasteiger partial charge is 0.252 e. The number of carbonyl (C=O) groups excluding carboxylic acids is 1. The number of nitrogens with zero attached hydrogens (tertiary/aromatic N) is 2. The van der Waals surface area contributed by atoms with E-state index in [1.165, 1.54) is 0 Å². The second-order valence-corrected chi connectivity index (χ2v) is 4.48. The van der Waals surface area contributed by atoms with Gasteiger partial charge < -0.3 is 14.8 Å². The van der Waals surface area contributed by atoms with Crippen LogP contribution in [0.2, 0.25) is 0 Å². The zero-order valence-electron chi connectivity index (χ0n) is 11.3. The molecular formula is C14H19N3O2. The van der Waals surface area contributed by atoms with E-state index in [0.717, 1.165) is 23.5 Å². The van der Waals surface area contributed by atoms with Gasteiger partial charge in [0.25, 0.3) is 5.91 Å². The molecule has 0 aliphatic rings. The third kappa shape index (κ3) is 2.76. The SMILES string of the molecule is CCc1nc2ccc(C(=O)NCCCO)cn2c1C. The first-order valence-corrected chi connectivity index (χ1v) is 6.54. The van der Waals surface area contributed by atoms with Crippen LogP contribution in [0.1, 0.15) is 35.1 Å². The van der Waals surface area contributed by atoms with Crippen molar-refractivity contribution in [3.63, 3.8) is 0 Å². The van der Waals surface area contributed by atoms with Gasteiger partial charge in [-0.1, -0.05) is 6.92 Å². The van der Waals surface area contributed by atoms with Gasteiger partial charge in [0.15, 0.2) is 0 Å². The molecule has 0 aromatic carbocycles. The minimum atomic E-state index is -0.124. The summed E-state index contributed by atoms with van der Waals surface area (Å²) >= 11 is 0. The standard InChI is InChI=1S/C14H19N3O2/c1-3-12-10(2)17-9-11(5-6-13(17)16-12)14(19)15-7-4-8-18/h5-6,9,18H,3-4,7-8H2,1-2H3,(H,15,19). The Morgan fingerprint density at radius 1 is 1.47 bits per heavy atom. The Labute approximate surface area is 112 Å². The van der Waals surface area contributed by atoms with Gasteiger partial charge in [0.2, 0.25) is 0 Å². The fourth-order valence-corrected chi connectivity index (χ4v) is 2.06. The number of aryl methyl sites for hydroxylation is 2. The zero-order chi connectivity index (χ0) is 13.8. The van der Waals surface area contributed by atoms with Crippen LogP contribution in [0.5, 0.6) is 0 Å². The Balaban J connectivity index is 2.25. The lowest BCUT2D eigenvalue weighted by molar-refractivity contribution is 0.0950. The van der Waals surface area contributed by atoms with Gasteiger partial charge in [0.1, 0.15) is 5.65 Å². The number of carbonyl (C=O) groups is 1. The summed E-state index contributed by atoms with van der Waals surface area (Å²) in [7, 11) is 0. The molecule has 2 N–H and O–H groups in total. The van der Waals surface area contributed by atoms with E-state index in [2.05, 4.69) is 17.2 Å². The molecule has 0 saturated carbocycles. The van der Waals surface area contributed by atoms with E-state index in [1.807, 2.05) is 23.6 Å². The quantitative estimate of drug-likeness (QED) is 0.798. The highest BCUT2D eigenvalue weighted by Crippen LogP contribution is 2.13. The van der Waals surface area contributed by atoms with Crippen LogP contribution >= 0.6 is 0 Å².